The van der Waals surface area contributed by atoms with Gasteiger partial charge in [0.2, 0.25) is 0 Å². The van der Waals surface area contributed by atoms with Crippen LogP contribution in [0.25, 0.3) is 16.6 Å². The number of unbranched alkanes of at least 4 members (excludes halogenated alkanes) is 1. The normalized spacial score (nSPS) is 11.2. The number of esters is 1. The van der Waals surface area contributed by atoms with Crippen LogP contribution in [-0.4, -0.2) is 34.3 Å². The number of aromatic nitrogens is 3. The van der Waals surface area contributed by atoms with E-state index >= 15 is 0 Å². The van der Waals surface area contributed by atoms with Gasteiger partial charge in [0.05, 0.1) is 24.4 Å². The smallest absolute Gasteiger partial charge is 0.305 e. The Balaban J connectivity index is 2.04. The van der Waals surface area contributed by atoms with Crippen molar-refractivity contribution in [3.8, 4) is 11.1 Å². The van der Waals surface area contributed by atoms with E-state index in [-0.39, 0.29) is 5.97 Å². The van der Waals surface area contributed by atoms with Crippen molar-refractivity contribution >= 4 is 23.1 Å². The Bertz CT molecular complexity index is 1020. The molecule has 3 aromatic heterocycles. The van der Waals surface area contributed by atoms with Gasteiger partial charge in [-0.2, -0.15) is 5.10 Å². The van der Waals surface area contributed by atoms with Gasteiger partial charge >= 0.3 is 5.97 Å². The number of fused-ring (bicyclic) bond motifs is 1. The molecule has 0 unspecified atom stereocenters. The number of carbonyl (C=O) groups excluding carboxylic acids is 1. The zero-order chi connectivity index (χ0) is 21.5. The van der Waals surface area contributed by atoms with Gasteiger partial charge < -0.3 is 9.47 Å². The lowest BCUT2D eigenvalue weighted by molar-refractivity contribution is -0.143. The van der Waals surface area contributed by atoms with Gasteiger partial charge in [-0.05, 0) is 68.0 Å². The topological polar surface area (TPSA) is 65.7 Å². The van der Waals surface area contributed by atoms with Crippen LogP contribution in [-0.2, 0) is 33.7 Å². The molecule has 0 saturated heterocycles. The van der Waals surface area contributed by atoms with Crippen molar-refractivity contribution in [3.05, 3.63) is 52.6 Å². The van der Waals surface area contributed by atoms with Crippen molar-refractivity contribution in [2.24, 2.45) is 0 Å². The molecule has 0 fully saturated rings. The maximum absolute atomic E-state index is 11.7. The number of rotatable bonds is 10. The minimum Gasteiger partial charge on any atom is -0.466 e. The zero-order valence-electron chi connectivity index (χ0n) is 17.8. The fraction of sp³-hybridized carbons (Fsp3) is 0.435. The summed E-state index contributed by atoms with van der Waals surface area (Å²) in [7, 11) is 1.68. The summed E-state index contributed by atoms with van der Waals surface area (Å²) in [6.07, 6.45) is 5.41. The quantitative estimate of drug-likeness (QED) is 0.257. The average Bonchev–Trinajstić information content (AvgIpc) is 3.14. The van der Waals surface area contributed by atoms with Gasteiger partial charge in [-0.3, -0.25) is 4.79 Å². The molecule has 30 heavy (non-hydrogen) atoms. The van der Waals surface area contributed by atoms with Crippen molar-refractivity contribution in [2.45, 2.75) is 52.6 Å². The molecule has 0 spiro atoms. The Kier molecular flexibility index (Phi) is 7.82. The second-order valence-corrected chi connectivity index (χ2v) is 7.48. The van der Waals surface area contributed by atoms with Crippen molar-refractivity contribution in [2.75, 3.05) is 13.7 Å². The van der Waals surface area contributed by atoms with Crippen molar-refractivity contribution in [1.29, 1.82) is 0 Å². The number of halogens is 1. The summed E-state index contributed by atoms with van der Waals surface area (Å²) < 4.78 is 12.5. The number of hydrogen-bond acceptors (Lipinski definition) is 5. The Morgan fingerprint density at radius 1 is 1.20 bits per heavy atom. The van der Waals surface area contributed by atoms with Gasteiger partial charge in [0, 0.05) is 31.0 Å². The third kappa shape index (κ3) is 4.99. The Hall–Kier alpha value is -2.44. The molecule has 0 N–H and O–H groups in total. The van der Waals surface area contributed by atoms with Crippen LogP contribution in [0.1, 0.15) is 50.1 Å². The number of nitrogens with zero attached hydrogens (tertiary/aromatic N) is 3. The predicted octanol–water partition coefficient (Wildman–Crippen LogP) is 5.03. The fourth-order valence-electron chi connectivity index (χ4n) is 3.73. The van der Waals surface area contributed by atoms with Crippen LogP contribution in [0.5, 0.6) is 0 Å². The second kappa shape index (κ2) is 10.5. The van der Waals surface area contributed by atoms with E-state index in [2.05, 4.69) is 24.0 Å². The maximum Gasteiger partial charge on any atom is 0.305 e. The number of pyridine rings is 1. The van der Waals surface area contributed by atoms with E-state index in [0.29, 0.717) is 24.8 Å². The highest BCUT2D eigenvalue weighted by atomic mass is 35.5. The molecule has 0 saturated carbocycles. The Labute approximate surface area is 182 Å². The van der Waals surface area contributed by atoms with Gasteiger partial charge in [0.25, 0.3) is 0 Å². The molecular weight excluding hydrogens is 402 g/mol. The minimum absolute atomic E-state index is 0.150. The number of methoxy groups -OCH3 is 1. The van der Waals surface area contributed by atoms with Crippen molar-refractivity contribution in [1.82, 2.24) is 14.6 Å². The Morgan fingerprint density at radius 2 is 2.03 bits per heavy atom. The highest BCUT2D eigenvalue weighted by molar-refractivity contribution is 6.29. The van der Waals surface area contributed by atoms with Crippen LogP contribution < -0.4 is 0 Å². The van der Waals surface area contributed by atoms with Crippen molar-refractivity contribution in [3.63, 3.8) is 0 Å². The lowest BCUT2D eigenvalue weighted by atomic mass is 9.95. The highest BCUT2D eigenvalue weighted by Gasteiger charge is 2.19. The first-order valence-electron chi connectivity index (χ1n) is 10.4. The molecule has 0 aliphatic carbocycles. The van der Waals surface area contributed by atoms with Crippen LogP contribution in [0.2, 0.25) is 5.15 Å². The summed E-state index contributed by atoms with van der Waals surface area (Å²) in [5.41, 5.74) is 6.29. The van der Waals surface area contributed by atoms with E-state index in [4.69, 9.17) is 26.2 Å². The first kappa shape index (κ1) is 22.2. The van der Waals surface area contributed by atoms with E-state index in [1.54, 1.807) is 13.3 Å². The third-order valence-corrected chi connectivity index (χ3v) is 5.29. The van der Waals surface area contributed by atoms with Gasteiger partial charge in [-0.1, -0.05) is 18.5 Å². The standard InChI is InChI=1S/C23H28ClN3O3/c1-4-17-10-11-20-23(16-12-13-25-21(24)14-16)18(19(15-29-3)26-27(17)20)8-6-7-9-22(28)30-5-2/h10-14H,4-9,15H2,1-3H3. The molecule has 0 aliphatic heterocycles. The molecule has 0 bridgehead atoms. The third-order valence-electron chi connectivity index (χ3n) is 5.08. The van der Waals surface area contributed by atoms with E-state index in [1.807, 2.05) is 23.6 Å². The molecule has 6 nitrogen and oxygen atoms in total. The highest BCUT2D eigenvalue weighted by Crippen LogP contribution is 2.33. The zero-order valence-corrected chi connectivity index (χ0v) is 18.5. The largest absolute Gasteiger partial charge is 0.466 e. The van der Waals surface area contributed by atoms with Gasteiger partial charge in [-0.15, -0.1) is 0 Å². The van der Waals surface area contributed by atoms with Gasteiger partial charge in [0.15, 0.2) is 0 Å². The summed E-state index contributed by atoms with van der Waals surface area (Å²) in [6, 6.07) is 8.07. The molecule has 3 rings (SSSR count). The van der Waals surface area contributed by atoms with E-state index in [9.17, 15) is 4.79 Å². The summed E-state index contributed by atoms with van der Waals surface area (Å²) in [6.45, 7) is 4.77. The van der Waals surface area contributed by atoms with Gasteiger partial charge in [-0.25, -0.2) is 9.50 Å². The summed E-state index contributed by atoms with van der Waals surface area (Å²) in [4.78, 5) is 15.8. The number of ether oxygens (including phenoxy) is 2. The summed E-state index contributed by atoms with van der Waals surface area (Å²) in [5, 5.41) is 5.35. The number of hydrogen-bond donors (Lipinski definition) is 0. The molecule has 0 aromatic carbocycles. The van der Waals surface area contributed by atoms with E-state index < -0.39 is 0 Å². The first-order valence-corrected chi connectivity index (χ1v) is 10.8. The Morgan fingerprint density at radius 3 is 2.73 bits per heavy atom. The SMILES string of the molecule is CCOC(=O)CCCCc1c(COC)nn2c(CC)ccc2c1-c1ccnc(Cl)c1. The molecule has 0 atom stereocenters. The fourth-order valence-corrected chi connectivity index (χ4v) is 3.91. The van der Waals surface area contributed by atoms with Crippen molar-refractivity contribution < 1.29 is 14.3 Å². The molecule has 160 valence electrons. The molecule has 0 aliphatic rings. The summed E-state index contributed by atoms with van der Waals surface area (Å²) >= 11 is 6.21. The lowest BCUT2D eigenvalue weighted by Gasteiger charge is -2.17. The van der Waals surface area contributed by atoms with E-state index in [0.717, 1.165) is 59.3 Å². The van der Waals surface area contributed by atoms with E-state index in [1.165, 1.54) is 0 Å². The van der Waals surface area contributed by atoms with Gasteiger partial charge in [0.1, 0.15) is 5.15 Å². The minimum atomic E-state index is -0.150. The molecular formula is C23H28ClN3O3. The number of carbonyl (C=O) groups is 1. The van der Waals surface area contributed by atoms with Crippen LogP contribution in [0.15, 0.2) is 30.5 Å². The van der Waals surface area contributed by atoms with Crippen LogP contribution in [0.4, 0.5) is 0 Å². The summed E-state index contributed by atoms with van der Waals surface area (Å²) in [5.74, 6) is -0.150. The lowest BCUT2D eigenvalue weighted by Crippen LogP contribution is -2.10. The molecule has 0 amide bonds. The predicted molar refractivity (Wildman–Crippen MR) is 118 cm³/mol. The molecule has 7 heteroatoms. The second-order valence-electron chi connectivity index (χ2n) is 7.09. The average molecular weight is 430 g/mol. The monoisotopic (exact) mass is 429 g/mol. The van der Waals surface area contributed by atoms with Crippen LogP contribution >= 0.6 is 11.6 Å². The molecule has 3 heterocycles. The molecule has 0 radical (unpaired) electrons. The van der Waals surface area contributed by atoms with Crippen LogP contribution in [0.3, 0.4) is 0 Å². The molecule has 3 aromatic rings. The maximum atomic E-state index is 11.7. The number of aryl methyl sites for hydroxylation is 1. The van der Waals surface area contributed by atoms with Crippen LogP contribution in [0, 0.1) is 0 Å². The first-order chi connectivity index (χ1) is 14.6.